The van der Waals surface area contributed by atoms with Crippen molar-refractivity contribution in [3.8, 4) is 5.88 Å². The van der Waals surface area contributed by atoms with Crippen LogP contribution in [-0.4, -0.2) is 17.1 Å². The second-order valence-corrected chi connectivity index (χ2v) is 6.40. The Morgan fingerprint density at radius 3 is 2.60 bits per heavy atom. The van der Waals surface area contributed by atoms with Gasteiger partial charge in [-0.3, -0.25) is 0 Å². The Labute approximate surface area is 122 Å². The summed E-state index contributed by atoms with van der Waals surface area (Å²) in [5.41, 5.74) is 3.62. The van der Waals surface area contributed by atoms with E-state index in [1.165, 1.54) is 56.1 Å². The lowest BCUT2D eigenvalue weighted by Gasteiger charge is -2.24. The molecule has 110 valence electrons. The quantitative estimate of drug-likeness (QED) is 0.889. The first-order valence-electron chi connectivity index (χ1n) is 8.09. The Hall–Kier alpha value is -1.09. The van der Waals surface area contributed by atoms with E-state index in [0.717, 1.165) is 24.2 Å². The number of aryl methyl sites for hydroxylation is 2. The number of hydrogen-bond donors (Lipinski definition) is 1. The van der Waals surface area contributed by atoms with Crippen LogP contribution >= 0.6 is 0 Å². The molecule has 0 atom stereocenters. The van der Waals surface area contributed by atoms with Crippen molar-refractivity contribution < 1.29 is 4.74 Å². The molecule has 0 amide bonds. The summed E-state index contributed by atoms with van der Waals surface area (Å²) in [4.78, 5) is 4.66. The van der Waals surface area contributed by atoms with Crippen molar-refractivity contribution in [2.24, 2.45) is 0 Å². The van der Waals surface area contributed by atoms with Crippen LogP contribution in [0.3, 0.4) is 0 Å². The molecule has 3 rings (SSSR count). The van der Waals surface area contributed by atoms with Crippen LogP contribution in [0.25, 0.3) is 0 Å². The normalized spacial score (nSPS) is 20.1. The van der Waals surface area contributed by atoms with E-state index in [1.807, 2.05) is 0 Å². The summed E-state index contributed by atoms with van der Waals surface area (Å²) in [6, 6.07) is 2.88. The van der Waals surface area contributed by atoms with Crippen molar-refractivity contribution in [1.82, 2.24) is 10.3 Å². The maximum absolute atomic E-state index is 6.25. The van der Waals surface area contributed by atoms with E-state index in [4.69, 9.17) is 4.74 Å². The van der Waals surface area contributed by atoms with Gasteiger partial charge in [0.1, 0.15) is 6.10 Å². The monoisotopic (exact) mass is 274 g/mol. The zero-order valence-electron chi connectivity index (χ0n) is 12.7. The van der Waals surface area contributed by atoms with Crippen molar-refractivity contribution in [2.75, 3.05) is 0 Å². The highest BCUT2D eigenvalue weighted by molar-refractivity contribution is 5.36. The summed E-state index contributed by atoms with van der Waals surface area (Å²) in [6.07, 6.45) is 9.33. The van der Waals surface area contributed by atoms with Crippen LogP contribution in [0.1, 0.15) is 61.8 Å². The van der Waals surface area contributed by atoms with Gasteiger partial charge >= 0.3 is 0 Å². The predicted molar refractivity (Wildman–Crippen MR) is 81.1 cm³/mol. The van der Waals surface area contributed by atoms with Gasteiger partial charge in [0.05, 0.1) is 0 Å². The Balaban J connectivity index is 1.74. The number of aromatic nitrogens is 1. The van der Waals surface area contributed by atoms with Gasteiger partial charge in [0.2, 0.25) is 5.88 Å². The maximum Gasteiger partial charge on any atom is 0.218 e. The van der Waals surface area contributed by atoms with Crippen LogP contribution in [0.2, 0.25) is 0 Å². The number of nitrogens with one attached hydrogen (secondary N) is 1. The van der Waals surface area contributed by atoms with Gasteiger partial charge in [-0.25, -0.2) is 4.98 Å². The number of hydrogen-bond acceptors (Lipinski definition) is 3. The molecule has 0 aliphatic heterocycles. The summed E-state index contributed by atoms with van der Waals surface area (Å²) in [5.74, 6) is 0.877. The molecule has 2 aliphatic carbocycles. The van der Waals surface area contributed by atoms with E-state index in [0.29, 0.717) is 6.10 Å². The van der Waals surface area contributed by atoms with E-state index < -0.39 is 0 Å². The van der Waals surface area contributed by atoms with Crippen molar-refractivity contribution in [3.63, 3.8) is 0 Å². The summed E-state index contributed by atoms with van der Waals surface area (Å²) in [5, 5.41) is 3.59. The Morgan fingerprint density at radius 2 is 1.90 bits per heavy atom. The molecule has 3 nitrogen and oxygen atoms in total. The third kappa shape index (κ3) is 3.51. The van der Waals surface area contributed by atoms with E-state index in [1.54, 1.807) is 0 Å². The molecule has 1 aromatic rings. The smallest absolute Gasteiger partial charge is 0.218 e. The SMILES string of the molecule is Cc1cc(C)c(CNC2CC2)c(OC2CCCCC2)n1. The molecular weight excluding hydrogens is 248 g/mol. The second-order valence-electron chi connectivity index (χ2n) is 6.40. The van der Waals surface area contributed by atoms with E-state index in [-0.39, 0.29) is 0 Å². The third-order valence-electron chi connectivity index (χ3n) is 4.41. The molecule has 0 saturated heterocycles. The molecule has 0 bridgehead atoms. The molecule has 1 heterocycles. The molecule has 2 aliphatic rings. The highest BCUT2D eigenvalue weighted by Gasteiger charge is 2.23. The largest absolute Gasteiger partial charge is 0.474 e. The van der Waals surface area contributed by atoms with Crippen LogP contribution in [-0.2, 0) is 6.54 Å². The van der Waals surface area contributed by atoms with E-state index >= 15 is 0 Å². The first-order chi connectivity index (χ1) is 9.72. The van der Waals surface area contributed by atoms with Gasteiger partial charge in [-0.15, -0.1) is 0 Å². The number of rotatable bonds is 5. The lowest BCUT2D eigenvalue weighted by Crippen LogP contribution is -2.23. The summed E-state index contributed by atoms with van der Waals surface area (Å²) < 4.78 is 6.25. The minimum atomic E-state index is 0.372. The minimum Gasteiger partial charge on any atom is -0.474 e. The summed E-state index contributed by atoms with van der Waals surface area (Å²) in [7, 11) is 0. The molecule has 3 heteroatoms. The van der Waals surface area contributed by atoms with Gasteiger partial charge in [0.25, 0.3) is 0 Å². The molecule has 0 aromatic carbocycles. The highest BCUT2D eigenvalue weighted by Crippen LogP contribution is 2.28. The maximum atomic E-state index is 6.25. The highest BCUT2D eigenvalue weighted by atomic mass is 16.5. The molecule has 0 spiro atoms. The fourth-order valence-corrected chi connectivity index (χ4v) is 3.02. The number of ether oxygens (including phenoxy) is 1. The standard InChI is InChI=1S/C17H26N2O/c1-12-10-13(2)19-17(16(12)11-18-14-8-9-14)20-15-6-4-3-5-7-15/h10,14-15,18H,3-9,11H2,1-2H3. The van der Waals surface area contributed by atoms with Crippen LogP contribution in [0.15, 0.2) is 6.07 Å². The molecule has 0 unspecified atom stereocenters. The Kier molecular flexibility index (Phi) is 4.25. The molecule has 20 heavy (non-hydrogen) atoms. The second kappa shape index (κ2) is 6.13. The van der Waals surface area contributed by atoms with Gasteiger partial charge in [-0.2, -0.15) is 0 Å². The zero-order valence-corrected chi connectivity index (χ0v) is 12.7. The molecule has 2 saturated carbocycles. The molecular formula is C17H26N2O. The third-order valence-corrected chi connectivity index (χ3v) is 4.41. The molecule has 1 N–H and O–H groups in total. The van der Waals surface area contributed by atoms with Crippen LogP contribution < -0.4 is 10.1 Å². The fourth-order valence-electron chi connectivity index (χ4n) is 3.02. The van der Waals surface area contributed by atoms with Crippen LogP contribution in [0, 0.1) is 13.8 Å². The van der Waals surface area contributed by atoms with Gasteiger partial charge < -0.3 is 10.1 Å². The average Bonchev–Trinajstić information content (AvgIpc) is 3.23. The van der Waals surface area contributed by atoms with Crippen molar-refractivity contribution in [1.29, 1.82) is 0 Å². The van der Waals surface area contributed by atoms with Crippen molar-refractivity contribution in [2.45, 2.75) is 77.5 Å². The van der Waals surface area contributed by atoms with Gasteiger partial charge in [-0.1, -0.05) is 6.42 Å². The predicted octanol–water partition coefficient (Wildman–Crippen LogP) is 3.66. The lowest BCUT2D eigenvalue weighted by molar-refractivity contribution is 0.146. The van der Waals surface area contributed by atoms with Gasteiger partial charge in [0.15, 0.2) is 0 Å². The zero-order chi connectivity index (χ0) is 13.9. The molecule has 1 aromatic heterocycles. The Morgan fingerprint density at radius 1 is 1.15 bits per heavy atom. The number of pyridine rings is 1. The van der Waals surface area contributed by atoms with Crippen LogP contribution in [0.4, 0.5) is 0 Å². The van der Waals surface area contributed by atoms with E-state index in [9.17, 15) is 0 Å². The topological polar surface area (TPSA) is 34.1 Å². The fraction of sp³-hybridized carbons (Fsp3) is 0.706. The summed E-state index contributed by atoms with van der Waals surface area (Å²) >= 11 is 0. The lowest BCUT2D eigenvalue weighted by atomic mass is 9.98. The van der Waals surface area contributed by atoms with Gasteiger partial charge in [-0.05, 0) is 64.0 Å². The number of nitrogens with zero attached hydrogens (tertiary/aromatic N) is 1. The van der Waals surface area contributed by atoms with Gasteiger partial charge in [0, 0.05) is 23.8 Å². The average molecular weight is 274 g/mol. The first-order valence-corrected chi connectivity index (χ1v) is 8.09. The Bertz CT molecular complexity index is 462. The van der Waals surface area contributed by atoms with Crippen molar-refractivity contribution in [3.05, 3.63) is 22.9 Å². The van der Waals surface area contributed by atoms with E-state index in [2.05, 4.69) is 30.2 Å². The minimum absolute atomic E-state index is 0.372. The van der Waals surface area contributed by atoms with Crippen molar-refractivity contribution >= 4 is 0 Å². The first kappa shape index (κ1) is 13.9. The molecule has 0 radical (unpaired) electrons. The molecule has 2 fully saturated rings. The summed E-state index contributed by atoms with van der Waals surface area (Å²) in [6.45, 7) is 5.12. The van der Waals surface area contributed by atoms with Crippen LogP contribution in [0.5, 0.6) is 5.88 Å².